The molecule has 1 aromatic carbocycles. The molecule has 0 spiro atoms. The third-order valence-electron chi connectivity index (χ3n) is 3.25. The average molecular weight is 339 g/mol. The summed E-state index contributed by atoms with van der Waals surface area (Å²) in [5.41, 5.74) is -0.842. The number of rotatable bonds is 4. The fraction of sp³-hybridized carbons (Fsp3) is 0.200. The van der Waals surface area contributed by atoms with Gasteiger partial charge < -0.3 is 4.90 Å². The number of halogens is 3. The smallest absolute Gasteiger partial charge is 0.307 e. The first-order valence-corrected chi connectivity index (χ1v) is 6.83. The highest BCUT2D eigenvalue weighted by molar-refractivity contribution is 6.04. The molecule has 0 saturated carbocycles. The van der Waals surface area contributed by atoms with Gasteiger partial charge in [-0.15, -0.1) is 0 Å². The Balaban J connectivity index is 2.27. The molecule has 0 atom stereocenters. The van der Waals surface area contributed by atoms with Crippen LogP contribution < -0.4 is 4.90 Å². The standard InChI is InChI=1S/C15H12F3N3O3/c1-2-20(11-5-3-10(4-6-11)15(16,17)18)14(22)13-8-7-12(9-19-13)21(23)24/h3-9H,2H2,1H3. The van der Waals surface area contributed by atoms with Crippen LogP contribution in [0.5, 0.6) is 0 Å². The first-order chi connectivity index (χ1) is 11.2. The second kappa shape index (κ2) is 6.65. The Hall–Kier alpha value is -2.97. The molecular formula is C15H12F3N3O3. The van der Waals surface area contributed by atoms with Gasteiger partial charge in [-0.2, -0.15) is 13.2 Å². The Morgan fingerprint density at radius 3 is 2.25 bits per heavy atom. The van der Waals surface area contributed by atoms with Gasteiger partial charge in [0, 0.05) is 18.3 Å². The Labute approximate surface area is 134 Å². The van der Waals surface area contributed by atoms with Crippen molar-refractivity contribution in [1.82, 2.24) is 4.98 Å². The van der Waals surface area contributed by atoms with Crippen LogP contribution in [-0.4, -0.2) is 22.4 Å². The lowest BCUT2D eigenvalue weighted by molar-refractivity contribution is -0.385. The van der Waals surface area contributed by atoms with Gasteiger partial charge in [-0.25, -0.2) is 4.98 Å². The van der Waals surface area contributed by atoms with Crippen molar-refractivity contribution in [2.24, 2.45) is 0 Å². The molecule has 0 unspecified atom stereocenters. The molecule has 0 saturated heterocycles. The van der Waals surface area contributed by atoms with Gasteiger partial charge in [0.1, 0.15) is 11.9 Å². The van der Waals surface area contributed by atoms with Crippen LogP contribution in [0, 0.1) is 10.1 Å². The van der Waals surface area contributed by atoms with Gasteiger partial charge in [0.25, 0.3) is 11.6 Å². The van der Waals surface area contributed by atoms with Crippen LogP contribution in [0.2, 0.25) is 0 Å². The van der Waals surface area contributed by atoms with Gasteiger partial charge in [0.2, 0.25) is 0 Å². The first-order valence-electron chi connectivity index (χ1n) is 6.83. The van der Waals surface area contributed by atoms with Gasteiger partial charge in [0.05, 0.1) is 10.5 Å². The van der Waals surface area contributed by atoms with Crippen LogP contribution in [0.25, 0.3) is 0 Å². The second-order valence-electron chi connectivity index (χ2n) is 4.75. The van der Waals surface area contributed by atoms with Gasteiger partial charge >= 0.3 is 6.18 Å². The summed E-state index contributed by atoms with van der Waals surface area (Å²) in [5.74, 6) is -0.563. The minimum absolute atomic E-state index is 0.0395. The molecule has 24 heavy (non-hydrogen) atoms. The Kier molecular flexibility index (Phi) is 4.82. The largest absolute Gasteiger partial charge is 0.416 e. The van der Waals surface area contributed by atoms with E-state index in [1.165, 1.54) is 23.1 Å². The summed E-state index contributed by atoms with van der Waals surface area (Å²) >= 11 is 0. The number of carbonyl (C=O) groups is 1. The summed E-state index contributed by atoms with van der Waals surface area (Å²) in [5, 5.41) is 10.6. The third kappa shape index (κ3) is 3.67. The van der Waals surface area contributed by atoms with Gasteiger partial charge in [-0.1, -0.05) is 0 Å². The molecule has 2 aromatic rings. The third-order valence-corrected chi connectivity index (χ3v) is 3.25. The number of pyridine rings is 1. The van der Waals surface area contributed by atoms with E-state index in [0.717, 1.165) is 24.4 Å². The van der Waals surface area contributed by atoms with Crippen molar-refractivity contribution in [2.75, 3.05) is 11.4 Å². The van der Waals surface area contributed by atoms with E-state index in [0.29, 0.717) is 0 Å². The minimum atomic E-state index is -4.46. The SMILES string of the molecule is CCN(C(=O)c1ccc([N+](=O)[O-])cn1)c1ccc(C(F)(F)F)cc1. The topological polar surface area (TPSA) is 76.3 Å². The molecule has 6 nitrogen and oxygen atoms in total. The van der Waals surface area contributed by atoms with E-state index in [9.17, 15) is 28.1 Å². The van der Waals surface area contributed by atoms with E-state index in [2.05, 4.69) is 4.98 Å². The summed E-state index contributed by atoms with van der Waals surface area (Å²) in [6, 6.07) is 6.49. The number of nitrogens with zero attached hydrogens (tertiary/aromatic N) is 3. The number of nitro groups is 1. The number of benzene rings is 1. The van der Waals surface area contributed by atoms with E-state index in [4.69, 9.17) is 0 Å². The highest BCUT2D eigenvalue weighted by atomic mass is 19.4. The molecular weight excluding hydrogens is 327 g/mol. The van der Waals surface area contributed by atoms with Crippen LogP contribution >= 0.6 is 0 Å². The summed E-state index contributed by atoms with van der Waals surface area (Å²) in [6.07, 6.45) is -3.51. The number of carbonyl (C=O) groups excluding carboxylic acids is 1. The maximum absolute atomic E-state index is 12.6. The summed E-state index contributed by atoms with van der Waals surface area (Å²) < 4.78 is 37.8. The molecule has 0 N–H and O–H groups in total. The monoisotopic (exact) mass is 339 g/mol. The van der Waals surface area contributed by atoms with Crippen molar-refractivity contribution in [2.45, 2.75) is 13.1 Å². The zero-order chi connectivity index (χ0) is 17.9. The zero-order valence-corrected chi connectivity index (χ0v) is 12.4. The van der Waals surface area contributed by atoms with Crippen LogP contribution in [-0.2, 0) is 6.18 Å². The Bertz CT molecular complexity index is 743. The number of anilines is 1. The Morgan fingerprint density at radius 1 is 1.21 bits per heavy atom. The van der Waals surface area contributed by atoms with Crippen molar-refractivity contribution >= 4 is 17.3 Å². The van der Waals surface area contributed by atoms with E-state index in [1.54, 1.807) is 6.92 Å². The van der Waals surface area contributed by atoms with E-state index >= 15 is 0 Å². The molecule has 1 heterocycles. The molecule has 2 rings (SSSR count). The minimum Gasteiger partial charge on any atom is -0.307 e. The van der Waals surface area contributed by atoms with E-state index < -0.39 is 22.6 Å². The van der Waals surface area contributed by atoms with Crippen molar-refractivity contribution < 1.29 is 22.9 Å². The van der Waals surface area contributed by atoms with Crippen LogP contribution in [0.15, 0.2) is 42.6 Å². The molecule has 0 fully saturated rings. The molecule has 1 aromatic heterocycles. The fourth-order valence-electron chi connectivity index (χ4n) is 2.03. The van der Waals surface area contributed by atoms with Crippen LogP contribution in [0.3, 0.4) is 0 Å². The molecule has 0 aliphatic carbocycles. The predicted octanol–water partition coefficient (Wildman–Crippen LogP) is 3.68. The molecule has 0 bridgehead atoms. The highest BCUT2D eigenvalue weighted by Gasteiger charge is 2.30. The number of aromatic nitrogens is 1. The number of alkyl halides is 3. The maximum Gasteiger partial charge on any atom is 0.416 e. The van der Waals surface area contributed by atoms with Crippen LogP contribution in [0.4, 0.5) is 24.5 Å². The molecule has 9 heteroatoms. The Morgan fingerprint density at radius 2 is 1.83 bits per heavy atom. The summed E-state index contributed by atoms with van der Waals surface area (Å²) in [6.45, 7) is 1.85. The molecule has 0 radical (unpaired) electrons. The van der Waals surface area contributed by atoms with Crippen molar-refractivity contribution in [3.63, 3.8) is 0 Å². The number of hydrogen-bond donors (Lipinski definition) is 0. The van der Waals surface area contributed by atoms with Crippen molar-refractivity contribution in [3.8, 4) is 0 Å². The molecule has 0 aliphatic heterocycles. The lowest BCUT2D eigenvalue weighted by atomic mass is 10.1. The second-order valence-corrected chi connectivity index (χ2v) is 4.75. The number of amides is 1. The maximum atomic E-state index is 12.6. The van der Waals surface area contributed by atoms with Crippen LogP contribution in [0.1, 0.15) is 23.0 Å². The van der Waals surface area contributed by atoms with Gasteiger partial charge in [0.15, 0.2) is 0 Å². The predicted molar refractivity (Wildman–Crippen MR) is 79.7 cm³/mol. The molecule has 0 aliphatic rings. The summed E-state index contributed by atoms with van der Waals surface area (Å²) in [7, 11) is 0. The van der Waals surface area contributed by atoms with Gasteiger partial charge in [-0.3, -0.25) is 14.9 Å². The highest BCUT2D eigenvalue weighted by Crippen LogP contribution is 2.30. The van der Waals surface area contributed by atoms with Crippen molar-refractivity contribution in [3.05, 3.63) is 64.0 Å². The average Bonchev–Trinajstić information content (AvgIpc) is 2.55. The van der Waals surface area contributed by atoms with Gasteiger partial charge in [-0.05, 0) is 37.3 Å². The summed E-state index contributed by atoms with van der Waals surface area (Å²) in [4.78, 5) is 27.3. The quantitative estimate of drug-likeness (QED) is 0.629. The molecule has 1 amide bonds. The van der Waals surface area contributed by atoms with E-state index in [1.807, 2.05) is 0 Å². The lowest BCUT2D eigenvalue weighted by Gasteiger charge is -2.21. The lowest BCUT2D eigenvalue weighted by Crippen LogP contribution is -2.31. The molecule has 126 valence electrons. The first kappa shape index (κ1) is 17.4. The van der Waals surface area contributed by atoms with E-state index in [-0.39, 0.29) is 23.6 Å². The number of hydrogen-bond acceptors (Lipinski definition) is 4. The fourth-order valence-corrected chi connectivity index (χ4v) is 2.03. The zero-order valence-electron chi connectivity index (χ0n) is 12.4. The van der Waals surface area contributed by atoms with Crippen molar-refractivity contribution in [1.29, 1.82) is 0 Å². The normalized spacial score (nSPS) is 11.2.